The SMILES string of the molecule is CCc1cccc(NC(=O)CCCCC(=O)NO)c1. The van der Waals surface area contributed by atoms with Gasteiger partial charge in [0.2, 0.25) is 11.8 Å². The van der Waals surface area contributed by atoms with E-state index in [9.17, 15) is 9.59 Å². The van der Waals surface area contributed by atoms with Gasteiger partial charge in [-0.25, -0.2) is 5.48 Å². The first-order valence-corrected chi connectivity index (χ1v) is 6.47. The van der Waals surface area contributed by atoms with Crippen molar-refractivity contribution in [3.8, 4) is 0 Å². The molecule has 1 aromatic carbocycles. The van der Waals surface area contributed by atoms with Gasteiger partial charge in [0.15, 0.2) is 0 Å². The van der Waals surface area contributed by atoms with Crippen LogP contribution in [0, 0.1) is 0 Å². The predicted molar refractivity (Wildman–Crippen MR) is 72.8 cm³/mol. The van der Waals surface area contributed by atoms with Crippen molar-refractivity contribution >= 4 is 17.5 Å². The van der Waals surface area contributed by atoms with E-state index in [0.29, 0.717) is 19.3 Å². The molecule has 0 aliphatic rings. The van der Waals surface area contributed by atoms with Crippen LogP contribution in [0.15, 0.2) is 24.3 Å². The van der Waals surface area contributed by atoms with Crippen LogP contribution in [0.2, 0.25) is 0 Å². The molecular formula is C14H20N2O3. The van der Waals surface area contributed by atoms with Crippen molar-refractivity contribution in [3.05, 3.63) is 29.8 Å². The summed E-state index contributed by atoms with van der Waals surface area (Å²) in [4.78, 5) is 22.4. The Balaban J connectivity index is 2.28. The highest BCUT2D eigenvalue weighted by Gasteiger charge is 2.04. The standard InChI is InChI=1S/C14H20N2O3/c1-2-11-6-5-7-12(10-11)15-13(17)8-3-4-9-14(18)16-19/h5-7,10,19H,2-4,8-9H2,1H3,(H,15,17)(H,16,18). The minimum absolute atomic E-state index is 0.0577. The van der Waals surface area contributed by atoms with Crippen LogP contribution >= 0.6 is 0 Å². The number of amides is 2. The topological polar surface area (TPSA) is 78.4 Å². The maximum Gasteiger partial charge on any atom is 0.243 e. The number of anilines is 1. The zero-order valence-electron chi connectivity index (χ0n) is 11.1. The number of carbonyl (C=O) groups is 2. The van der Waals surface area contributed by atoms with E-state index in [-0.39, 0.29) is 12.3 Å². The molecule has 0 aliphatic carbocycles. The number of unbranched alkanes of at least 4 members (excludes halogenated alkanes) is 1. The van der Waals surface area contributed by atoms with Gasteiger partial charge >= 0.3 is 0 Å². The second-order valence-electron chi connectivity index (χ2n) is 4.34. The van der Waals surface area contributed by atoms with Gasteiger partial charge in [-0.05, 0) is 37.0 Å². The Bertz CT molecular complexity index is 432. The van der Waals surface area contributed by atoms with Gasteiger partial charge in [0.1, 0.15) is 0 Å². The lowest BCUT2D eigenvalue weighted by Gasteiger charge is -2.06. The second kappa shape index (κ2) is 8.26. The molecule has 0 unspecified atom stereocenters. The normalized spacial score (nSPS) is 10.0. The number of carbonyl (C=O) groups excluding carboxylic acids is 2. The zero-order chi connectivity index (χ0) is 14.1. The Kier molecular flexibility index (Phi) is 6.60. The van der Waals surface area contributed by atoms with Crippen LogP contribution in [-0.2, 0) is 16.0 Å². The first-order chi connectivity index (χ1) is 9.15. The highest BCUT2D eigenvalue weighted by Crippen LogP contribution is 2.12. The fourth-order valence-electron chi connectivity index (χ4n) is 1.72. The van der Waals surface area contributed by atoms with Crippen LogP contribution in [0.5, 0.6) is 0 Å². The van der Waals surface area contributed by atoms with Crippen LogP contribution in [0.4, 0.5) is 5.69 Å². The molecule has 1 aromatic rings. The smallest absolute Gasteiger partial charge is 0.243 e. The molecule has 0 fully saturated rings. The molecule has 3 N–H and O–H groups in total. The van der Waals surface area contributed by atoms with E-state index < -0.39 is 5.91 Å². The van der Waals surface area contributed by atoms with Gasteiger partial charge in [-0.3, -0.25) is 14.8 Å². The molecule has 0 radical (unpaired) electrons. The van der Waals surface area contributed by atoms with Gasteiger partial charge in [-0.2, -0.15) is 0 Å². The summed E-state index contributed by atoms with van der Waals surface area (Å²) >= 11 is 0. The van der Waals surface area contributed by atoms with E-state index in [1.165, 1.54) is 5.56 Å². The lowest BCUT2D eigenvalue weighted by molar-refractivity contribution is -0.129. The molecule has 0 saturated heterocycles. The molecule has 2 amide bonds. The maximum absolute atomic E-state index is 11.7. The first-order valence-electron chi connectivity index (χ1n) is 6.47. The maximum atomic E-state index is 11.7. The number of rotatable bonds is 7. The summed E-state index contributed by atoms with van der Waals surface area (Å²) in [7, 11) is 0. The molecule has 0 aliphatic heterocycles. The quantitative estimate of drug-likeness (QED) is 0.401. The molecule has 5 nitrogen and oxygen atoms in total. The monoisotopic (exact) mass is 264 g/mol. The number of hydroxylamine groups is 1. The van der Waals surface area contributed by atoms with Gasteiger partial charge in [0.05, 0.1) is 0 Å². The summed E-state index contributed by atoms with van der Waals surface area (Å²) in [5, 5.41) is 11.1. The molecule has 0 bridgehead atoms. The molecule has 0 aromatic heterocycles. The number of aryl methyl sites for hydroxylation is 1. The van der Waals surface area contributed by atoms with Crippen molar-refractivity contribution in [2.24, 2.45) is 0 Å². The van der Waals surface area contributed by atoms with E-state index in [1.54, 1.807) is 5.48 Å². The second-order valence-corrected chi connectivity index (χ2v) is 4.34. The summed E-state index contributed by atoms with van der Waals surface area (Å²) in [6, 6.07) is 7.75. The molecule has 1 rings (SSSR count). The van der Waals surface area contributed by atoms with Gasteiger partial charge in [0, 0.05) is 18.5 Å². The molecule has 19 heavy (non-hydrogen) atoms. The van der Waals surface area contributed by atoms with E-state index in [0.717, 1.165) is 12.1 Å². The Labute approximate surface area is 113 Å². The predicted octanol–water partition coefficient (Wildman–Crippen LogP) is 2.25. The Morgan fingerprint density at radius 2 is 1.84 bits per heavy atom. The first kappa shape index (κ1) is 15.2. The number of hydrogen-bond donors (Lipinski definition) is 3. The van der Waals surface area contributed by atoms with E-state index in [2.05, 4.69) is 12.2 Å². The molecular weight excluding hydrogens is 244 g/mol. The molecule has 104 valence electrons. The largest absolute Gasteiger partial charge is 0.326 e. The van der Waals surface area contributed by atoms with Crippen molar-refractivity contribution in [2.75, 3.05) is 5.32 Å². The number of nitrogens with one attached hydrogen (secondary N) is 2. The van der Waals surface area contributed by atoms with Crippen molar-refractivity contribution in [2.45, 2.75) is 39.0 Å². The van der Waals surface area contributed by atoms with Gasteiger partial charge < -0.3 is 5.32 Å². The third kappa shape index (κ3) is 6.01. The highest BCUT2D eigenvalue weighted by molar-refractivity contribution is 5.90. The Morgan fingerprint density at radius 3 is 2.47 bits per heavy atom. The summed E-state index contributed by atoms with van der Waals surface area (Å²) in [5.41, 5.74) is 3.55. The minimum atomic E-state index is -0.420. The molecule has 0 spiro atoms. The van der Waals surface area contributed by atoms with Crippen LogP contribution in [0.1, 0.15) is 38.2 Å². The third-order valence-electron chi connectivity index (χ3n) is 2.80. The minimum Gasteiger partial charge on any atom is -0.326 e. The summed E-state index contributed by atoms with van der Waals surface area (Å²) in [5.74, 6) is -0.478. The lowest BCUT2D eigenvalue weighted by Crippen LogP contribution is -2.18. The van der Waals surface area contributed by atoms with Crippen molar-refractivity contribution < 1.29 is 14.8 Å². The Hall–Kier alpha value is -1.88. The van der Waals surface area contributed by atoms with E-state index in [1.807, 2.05) is 24.3 Å². The number of hydrogen-bond acceptors (Lipinski definition) is 3. The van der Waals surface area contributed by atoms with Gasteiger partial charge in [-0.1, -0.05) is 19.1 Å². The highest BCUT2D eigenvalue weighted by atomic mass is 16.5. The Morgan fingerprint density at radius 1 is 1.16 bits per heavy atom. The van der Waals surface area contributed by atoms with Crippen LogP contribution < -0.4 is 10.8 Å². The van der Waals surface area contributed by atoms with Crippen molar-refractivity contribution in [1.29, 1.82) is 0 Å². The van der Waals surface area contributed by atoms with Crippen molar-refractivity contribution in [1.82, 2.24) is 5.48 Å². The van der Waals surface area contributed by atoms with E-state index in [4.69, 9.17) is 5.21 Å². The van der Waals surface area contributed by atoms with Gasteiger partial charge in [-0.15, -0.1) is 0 Å². The van der Waals surface area contributed by atoms with Crippen LogP contribution in [0.25, 0.3) is 0 Å². The van der Waals surface area contributed by atoms with E-state index >= 15 is 0 Å². The summed E-state index contributed by atoms with van der Waals surface area (Å²) in [6.45, 7) is 2.06. The molecule has 5 heteroatoms. The zero-order valence-corrected chi connectivity index (χ0v) is 11.1. The number of benzene rings is 1. The fraction of sp³-hybridized carbons (Fsp3) is 0.429. The average molecular weight is 264 g/mol. The fourth-order valence-corrected chi connectivity index (χ4v) is 1.72. The third-order valence-corrected chi connectivity index (χ3v) is 2.80. The lowest BCUT2D eigenvalue weighted by atomic mass is 10.1. The summed E-state index contributed by atoms with van der Waals surface area (Å²) < 4.78 is 0. The summed E-state index contributed by atoms with van der Waals surface area (Å²) in [6.07, 6.45) is 2.73. The van der Waals surface area contributed by atoms with Crippen LogP contribution in [0.3, 0.4) is 0 Å². The van der Waals surface area contributed by atoms with Gasteiger partial charge in [0.25, 0.3) is 0 Å². The van der Waals surface area contributed by atoms with Crippen LogP contribution in [-0.4, -0.2) is 17.0 Å². The molecule has 0 atom stereocenters. The average Bonchev–Trinajstić information content (AvgIpc) is 2.43. The molecule has 0 heterocycles. The van der Waals surface area contributed by atoms with Crippen molar-refractivity contribution in [3.63, 3.8) is 0 Å². The molecule has 0 saturated carbocycles.